The van der Waals surface area contributed by atoms with Gasteiger partial charge in [-0.05, 0) is 64.8 Å². The largest absolute Gasteiger partial charge is 0.490 e. The number of carbonyl (C=O) groups is 1. The van der Waals surface area contributed by atoms with Crippen molar-refractivity contribution in [3.63, 3.8) is 0 Å². The number of nitrogen functional groups attached to an aromatic ring is 1. The van der Waals surface area contributed by atoms with Gasteiger partial charge in [0.1, 0.15) is 11.4 Å². The molecule has 4 N–H and O–H groups in total. The number of amides is 1. The molecule has 1 atom stereocenters. The van der Waals surface area contributed by atoms with E-state index in [1.807, 2.05) is 18.2 Å². The SMILES string of the molecule is C[C@@H](NC(=O)OC(C)(C)C)c1cc(F)cc(F)c1OCCCCNc1c(N)cnc2ccc(Br)cc12. The fraction of sp³-hybridized carbons (Fsp3) is 0.385. The van der Waals surface area contributed by atoms with E-state index in [0.717, 1.165) is 33.2 Å². The number of unbranched alkanes of at least 4 members (excludes halogenated alkanes) is 1. The third-order valence-corrected chi connectivity index (χ3v) is 5.71. The van der Waals surface area contributed by atoms with E-state index in [0.29, 0.717) is 25.1 Å². The number of halogens is 3. The Labute approximate surface area is 217 Å². The summed E-state index contributed by atoms with van der Waals surface area (Å²) in [6, 6.07) is 6.96. The maximum Gasteiger partial charge on any atom is 0.408 e. The summed E-state index contributed by atoms with van der Waals surface area (Å²) in [6.45, 7) is 7.60. The van der Waals surface area contributed by atoms with Crippen molar-refractivity contribution in [2.45, 2.75) is 52.2 Å². The van der Waals surface area contributed by atoms with E-state index in [1.54, 1.807) is 33.9 Å². The molecule has 0 aliphatic heterocycles. The van der Waals surface area contributed by atoms with E-state index in [4.69, 9.17) is 15.2 Å². The van der Waals surface area contributed by atoms with Crippen molar-refractivity contribution in [3.8, 4) is 5.75 Å². The molecule has 0 saturated carbocycles. The van der Waals surface area contributed by atoms with Crippen molar-refractivity contribution in [1.29, 1.82) is 0 Å². The molecule has 2 aromatic carbocycles. The van der Waals surface area contributed by atoms with Crippen LogP contribution >= 0.6 is 15.9 Å². The summed E-state index contributed by atoms with van der Waals surface area (Å²) in [5.74, 6) is -1.68. The number of carbonyl (C=O) groups excluding carboxylic acids is 1. The molecule has 0 fully saturated rings. The van der Waals surface area contributed by atoms with Gasteiger partial charge in [0.05, 0.1) is 35.7 Å². The van der Waals surface area contributed by atoms with E-state index in [-0.39, 0.29) is 17.9 Å². The van der Waals surface area contributed by atoms with Gasteiger partial charge in [-0.1, -0.05) is 15.9 Å². The predicted octanol–water partition coefficient (Wildman–Crippen LogP) is 6.71. The minimum atomic E-state index is -0.831. The normalized spacial score (nSPS) is 12.3. The lowest BCUT2D eigenvalue weighted by atomic mass is 10.1. The molecule has 10 heteroatoms. The Hall–Kier alpha value is -3.14. The summed E-state index contributed by atoms with van der Waals surface area (Å²) >= 11 is 3.47. The average Bonchev–Trinajstić information content (AvgIpc) is 2.76. The zero-order valence-corrected chi connectivity index (χ0v) is 22.3. The van der Waals surface area contributed by atoms with Crippen LogP contribution in [0.4, 0.5) is 25.0 Å². The molecular weight excluding hydrogens is 534 g/mol. The Kier molecular flexibility index (Phi) is 8.94. The minimum Gasteiger partial charge on any atom is -0.490 e. The van der Waals surface area contributed by atoms with Crippen molar-refractivity contribution in [2.75, 3.05) is 24.2 Å². The molecule has 0 bridgehead atoms. The highest BCUT2D eigenvalue weighted by molar-refractivity contribution is 9.10. The molecule has 7 nitrogen and oxygen atoms in total. The van der Waals surface area contributed by atoms with Gasteiger partial charge in [-0.15, -0.1) is 0 Å². The van der Waals surface area contributed by atoms with Crippen LogP contribution < -0.4 is 21.1 Å². The molecule has 1 aromatic heterocycles. The van der Waals surface area contributed by atoms with Crippen LogP contribution in [-0.2, 0) is 4.74 Å². The van der Waals surface area contributed by atoms with E-state index >= 15 is 0 Å². The molecule has 0 saturated heterocycles. The van der Waals surface area contributed by atoms with Crippen LogP contribution in [0.5, 0.6) is 5.75 Å². The summed E-state index contributed by atoms with van der Waals surface area (Å²) in [5.41, 5.74) is 7.78. The lowest BCUT2D eigenvalue weighted by Crippen LogP contribution is -2.34. The maximum atomic E-state index is 14.6. The summed E-state index contributed by atoms with van der Waals surface area (Å²) < 4.78 is 40.3. The zero-order chi connectivity index (χ0) is 26.5. The molecule has 1 amide bonds. The predicted molar refractivity (Wildman–Crippen MR) is 141 cm³/mol. The Morgan fingerprint density at radius 1 is 1.19 bits per heavy atom. The smallest absolute Gasteiger partial charge is 0.408 e. The fourth-order valence-corrected chi connectivity index (χ4v) is 3.97. The highest BCUT2D eigenvalue weighted by Gasteiger charge is 2.22. The van der Waals surface area contributed by atoms with Crippen LogP contribution in [0.15, 0.2) is 41.0 Å². The second-order valence-corrected chi connectivity index (χ2v) is 10.3. The number of nitrogens with one attached hydrogen (secondary N) is 2. The lowest BCUT2D eigenvalue weighted by Gasteiger charge is -2.23. The number of ether oxygens (including phenoxy) is 2. The van der Waals surface area contributed by atoms with Crippen molar-refractivity contribution >= 4 is 44.3 Å². The summed E-state index contributed by atoms with van der Waals surface area (Å²) in [5, 5.41) is 6.85. The Morgan fingerprint density at radius 3 is 2.67 bits per heavy atom. The molecule has 0 spiro atoms. The number of benzene rings is 2. The number of nitrogens with two attached hydrogens (primary N) is 1. The van der Waals surface area contributed by atoms with Crippen LogP contribution in [-0.4, -0.2) is 29.8 Å². The fourth-order valence-electron chi connectivity index (χ4n) is 3.61. The number of rotatable bonds is 9. The van der Waals surface area contributed by atoms with E-state index < -0.39 is 29.4 Å². The Balaban J connectivity index is 1.58. The van der Waals surface area contributed by atoms with Crippen molar-refractivity contribution in [1.82, 2.24) is 10.3 Å². The Bertz CT molecular complexity index is 1230. The van der Waals surface area contributed by atoms with Crippen LogP contribution in [0, 0.1) is 11.6 Å². The molecule has 1 heterocycles. The second kappa shape index (κ2) is 11.7. The quantitative estimate of drug-likeness (QED) is 0.250. The molecular formula is C26H31BrF2N4O3. The van der Waals surface area contributed by atoms with Crippen molar-refractivity contribution in [3.05, 3.63) is 58.2 Å². The minimum absolute atomic E-state index is 0.0952. The van der Waals surface area contributed by atoms with Crippen molar-refractivity contribution < 1.29 is 23.0 Å². The van der Waals surface area contributed by atoms with Gasteiger partial charge >= 0.3 is 6.09 Å². The number of hydrogen-bond donors (Lipinski definition) is 3. The van der Waals surface area contributed by atoms with Gasteiger partial charge in [-0.2, -0.15) is 0 Å². The van der Waals surface area contributed by atoms with Crippen LogP contribution in [0.3, 0.4) is 0 Å². The molecule has 3 rings (SSSR count). The number of hydrogen-bond acceptors (Lipinski definition) is 6. The summed E-state index contributed by atoms with van der Waals surface area (Å²) in [6.07, 6.45) is 2.24. The van der Waals surface area contributed by atoms with Gasteiger partial charge in [0.2, 0.25) is 0 Å². The first-order chi connectivity index (χ1) is 16.9. The molecule has 0 aliphatic rings. The third kappa shape index (κ3) is 7.43. The number of nitrogens with zero attached hydrogens (tertiary/aromatic N) is 1. The maximum absolute atomic E-state index is 14.6. The second-order valence-electron chi connectivity index (χ2n) is 9.41. The monoisotopic (exact) mass is 564 g/mol. The van der Waals surface area contributed by atoms with Crippen LogP contribution in [0.1, 0.15) is 52.1 Å². The van der Waals surface area contributed by atoms with Crippen LogP contribution in [0.2, 0.25) is 0 Å². The van der Waals surface area contributed by atoms with Gasteiger partial charge in [0.25, 0.3) is 0 Å². The standard InChI is InChI=1S/C26H31BrF2N4O3/c1-15(33-25(34)36-26(2,3)4)18-12-17(28)13-20(29)24(18)35-10-6-5-9-31-23-19-11-16(27)7-8-22(19)32-14-21(23)30/h7-8,11-15H,5-6,9-10,30H2,1-4H3,(H,31,32)(H,33,34)/t15-/m1/s1. The lowest BCUT2D eigenvalue weighted by molar-refractivity contribution is 0.0507. The highest BCUT2D eigenvalue weighted by Crippen LogP contribution is 2.31. The van der Waals surface area contributed by atoms with Gasteiger partial charge in [-0.3, -0.25) is 4.98 Å². The van der Waals surface area contributed by atoms with Crippen molar-refractivity contribution in [2.24, 2.45) is 0 Å². The number of aromatic nitrogens is 1. The molecule has 36 heavy (non-hydrogen) atoms. The topological polar surface area (TPSA) is 98.5 Å². The van der Waals surface area contributed by atoms with Gasteiger partial charge < -0.3 is 25.8 Å². The third-order valence-electron chi connectivity index (χ3n) is 5.22. The van der Waals surface area contributed by atoms with Gasteiger partial charge in [0.15, 0.2) is 11.6 Å². The first-order valence-electron chi connectivity index (χ1n) is 11.6. The highest BCUT2D eigenvalue weighted by atomic mass is 79.9. The number of pyridine rings is 1. The molecule has 0 aliphatic carbocycles. The Morgan fingerprint density at radius 2 is 1.94 bits per heavy atom. The first kappa shape index (κ1) is 27.4. The molecule has 0 radical (unpaired) electrons. The van der Waals surface area contributed by atoms with Gasteiger partial charge in [0, 0.05) is 28.0 Å². The van der Waals surface area contributed by atoms with E-state index in [2.05, 4.69) is 31.5 Å². The summed E-state index contributed by atoms with van der Waals surface area (Å²) in [4.78, 5) is 16.5. The zero-order valence-electron chi connectivity index (χ0n) is 20.8. The molecule has 0 unspecified atom stereocenters. The number of anilines is 2. The molecule has 194 valence electrons. The van der Waals surface area contributed by atoms with E-state index in [9.17, 15) is 13.6 Å². The average molecular weight is 565 g/mol. The molecule has 3 aromatic rings. The van der Waals surface area contributed by atoms with Gasteiger partial charge in [-0.25, -0.2) is 13.6 Å². The number of alkyl carbamates (subject to hydrolysis) is 1. The number of fused-ring (bicyclic) bond motifs is 1. The van der Waals surface area contributed by atoms with E-state index in [1.165, 1.54) is 0 Å². The first-order valence-corrected chi connectivity index (χ1v) is 12.4. The van der Waals surface area contributed by atoms with Crippen LogP contribution in [0.25, 0.3) is 10.9 Å². The summed E-state index contributed by atoms with van der Waals surface area (Å²) in [7, 11) is 0.